The van der Waals surface area contributed by atoms with Crippen LogP contribution in [0.4, 0.5) is 0 Å². The zero-order chi connectivity index (χ0) is 11.7. The van der Waals surface area contributed by atoms with Gasteiger partial charge in [-0.3, -0.25) is 4.90 Å². The van der Waals surface area contributed by atoms with Crippen LogP contribution in [0, 0.1) is 5.41 Å². The number of hydrogen-bond acceptors (Lipinski definition) is 2. The van der Waals surface area contributed by atoms with Gasteiger partial charge in [0.05, 0.1) is 0 Å². The summed E-state index contributed by atoms with van der Waals surface area (Å²) in [5, 5.41) is 0. The maximum absolute atomic E-state index is 2.60. The van der Waals surface area contributed by atoms with Crippen LogP contribution in [0.5, 0.6) is 0 Å². The fourth-order valence-corrected chi connectivity index (χ4v) is 2.25. The molecule has 0 aromatic heterocycles. The molecule has 0 N–H and O–H groups in total. The molecule has 0 aromatic carbocycles. The molecule has 1 saturated heterocycles. The molecule has 0 aliphatic carbocycles. The monoisotopic (exact) mass is 212 g/mol. The van der Waals surface area contributed by atoms with Crippen LogP contribution in [0.15, 0.2) is 0 Å². The second-order valence-corrected chi connectivity index (χ2v) is 6.99. The second-order valence-electron chi connectivity index (χ2n) is 6.99. The average molecular weight is 212 g/mol. The van der Waals surface area contributed by atoms with Gasteiger partial charge in [-0.2, -0.15) is 0 Å². The minimum absolute atomic E-state index is 0.341. The van der Waals surface area contributed by atoms with Gasteiger partial charge in [0, 0.05) is 38.3 Å². The Kier molecular flexibility index (Phi) is 3.83. The molecule has 1 aliphatic rings. The molecule has 2 heteroatoms. The van der Waals surface area contributed by atoms with Crippen molar-refractivity contribution in [1.82, 2.24) is 9.80 Å². The van der Waals surface area contributed by atoms with Crippen molar-refractivity contribution in [3.8, 4) is 0 Å². The number of hydrogen-bond donors (Lipinski definition) is 0. The SMILES string of the molecule is CC(C)(C)CN1CCN(C(C)(C)C)CC1. The topological polar surface area (TPSA) is 6.48 Å². The second kappa shape index (κ2) is 4.42. The van der Waals surface area contributed by atoms with E-state index >= 15 is 0 Å². The van der Waals surface area contributed by atoms with Crippen molar-refractivity contribution >= 4 is 0 Å². The van der Waals surface area contributed by atoms with E-state index in [0.29, 0.717) is 11.0 Å². The van der Waals surface area contributed by atoms with E-state index in [-0.39, 0.29) is 0 Å². The van der Waals surface area contributed by atoms with Crippen LogP contribution in [-0.4, -0.2) is 48.1 Å². The van der Waals surface area contributed by atoms with Crippen LogP contribution >= 0.6 is 0 Å². The van der Waals surface area contributed by atoms with Crippen molar-refractivity contribution < 1.29 is 0 Å². The Morgan fingerprint density at radius 1 is 0.800 bits per heavy atom. The molecule has 0 amide bonds. The Bertz CT molecular complexity index is 190. The predicted molar refractivity (Wildman–Crippen MR) is 67.2 cm³/mol. The van der Waals surface area contributed by atoms with Crippen LogP contribution < -0.4 is 0 Å². The summed E-state index contributed by atoms with van der Waals surface area (Å²) in [4.78, 5) is 5.19. The third-order valence-electron chi connectivity index (χ3n) is 3.02. The molecule has 0 aromatic rings. The molecule has 2 nitrogen and oxygen atoms in total. The van der Waals surface area contributed by atoms with E-state index in [2.05, 4.69) is 51.3 Å². The summed E-state index contributed by atoms with van der Waals surface area (Å²) in [6, 6.07) is 0. The first-order valence-corrected chi connectivity index (χ1v) is 6.16. The van der Waals surface area contributed by atoms with Gasteiger partial charge in [-0.1, -0.05) is 20.8 Å². The average Bonchev–Trinajstić information content (AvgIpc) is 2.00. The lowest BCUT2D eigenvalue weighted by atomic mass is 9.95. The lowest BCUT2D eigenvalue weighted by Crippen LogP contribution is -2.54. The zero-order valence-electron chi connectivity index (χ0n) is 11.4. The standard InChI is InChI=1S/C13H28N2/c1-12(2,3)11-14-7-9-15(10-8-14)13(4,5)6/h7-11H2,1-6H3. The number of nitrogens with zero attached hydrogens (tertiary/aromatic N) is 2. The van der Waals surface area contributed by atoms with E-state index in [0.717, 1.165) is 0 Å². The molecular formula is C13H28N2. The summed E-state index contributed by atoms with van der Waals surface area (Å²) in [7, 11) is 0. The highest BCUT2D eigenvalue weighted by atomic mass is 15.3. The fourth-order valence-electron chi connectivity index (χ4n) is 2.25. The zero-order valence-corrected chi connectivity index (χ0v) is 11.4. The highest BCUT2D eigenvalue weighted by molar-refractivity contribution is 4.83. The minimum Gasteiger partial charge on any atom is -0.300 e. The molecule has 0 unspecified atom stereocenters. The summed E-state index contributed by atoms with van der Waals surface area (Å²) in [5.74, 6) is 0. The highest BCUT2D eigenvalue weighted by Crippen LogP contribution is 2.19. The highest BCUT2D eigenvalue weighted by Gasteiger charge is 2.27. The van der Waals surface area contributed by atoms with Crippen molar-refractivity contribution in [3.63, 3.8) is 0 Å². The van der Waals surface area contributed by atoms with E-state index in [4.69, 9.17) is 0 Å². The normalized spacial score (nSPS) is 22.0. The molecule has 1 aliphatic heterocycles. The van der Waals surface area contributed by atoms with E-state index in [1.165, 1.54) is 32.7 Å². The largest absolute Gasteiger partial charge is 0.300 e. The van der Waals surface area contributed by atoms with Gasteiger partial charge in [-0.25, -0.2) is 0 Å². The quantitative estimate of drug-likeness (QED) is 0.659. The summed E-state index contributed by atoms with van der Waals surface area (Å²) in [6.07, 6.45) is 0. The Morgan fingerprint density at radius 2 is 1.27 bits per heavy atom. The third kappa shape index (κ3) is 4.52. The van der Waals surface area contributed by atoms with Crippen molar-refractivity contribution in [2.45, 2.75) is 47.1 Å². The van der Waals surface area contributed by atoms with E-state index in [9.17, 15) is 0 Å². The number of rotatable bonds is 1. The molecule has 0 atom stereocenters. The summed E-state index contributed by atoms with van der Waals surface area (Å²) in [5.41, 5.74) is 0.776. The molecule has 90 valence electrons. The molecule has 1 rings (SSSR count). The van der Waals surface area contributed by atoms with Gasteiger partial charge in [0.2, 0.25) is 0 Å². The van der Waals surface area contributed by atoms with Crippen LogP contribution in [0.3, 0.4) is 0 Å². The summed E-state index contributed by atoms with van der Waals surface area (Å²) < 4.78 is 0. The van der Waals surface area contributed by atoms with Crippen LogP contribution in [0.25, 0.3) is 0 Å². The maximum Gasteiger partial charge on any atom is 0.0126 e. The van der Waals surface area contributed by atoms with Crippen LogP contribution in [0.2, 0.25) is 0 Å². The molecule has 0 spiro atoms. The first-order valence-electron chi connectivity index (χ1n) is 6.16. The summed E-state index contributed by atoms with van der Waals surface area (Å²) in [6.45, 7) is 20.0. The molecular weight excluding hydrogens is 184 g/mol. The lowest BCUT2D eigenvalue weighted by molar-refractivity contribution is 0.0481. The Hall–Kier alpha value is -0.0800. The molecule has 1 heterocycles. The maximum atomic E-state index is 2.60. The van der Waals surface area contributed by atoms with E-state index in [1.807, 2.05) is 0 Å². The molecule has 0 radical (unpaired) electrons. The first kappa shape index (κ1) is 13.0. The van der Waals surface area contributed by atoms with Gasteiger partial charge in [-0.05, 0) is 26.2 Å². The van der Waals surface area contributed by atoms with Gasteiger partial charge in [0.15, 0.2) is 0 Å². The van der Waals surface area contributed by atoms with Gasteiger partial charge in [0.25, 0.3) is 0 Å². The summed E-state index contributed by atoms with van der Waals surface area (Å²) >= 11 is 0. The minimum atomic E-state index is 0.341. The lowest BCUT2D eigenvalue weighted by Gasteiger charge is -2.43. The van der Waals surface area contributed by atoms with Gasteiger partial charge >= 0.3 is 0 Å². The van der Waals surface area contributed by atoms with Gasteiger partial charge < -0.3 is 4.90 Å². The van der Waals surface area contributed by atoms with Crippen molar-refractivity contribution in [3.05, 3.63) is 0 Å². The molecule has 1 fully saturated rings. The molecule has 0 saturated carbocycles. The predicted octanol–water partition coefficient (Wildman–Crippen LogP) is 2.45. The van der Waals surface area contributed by atoms with Crippen molar-refractivity contribution in [2.75, 3.05) is 32.7 Å². The van der Waals surface area contributed by atoms with Crippen LogP contribution in [0.1, 0.15) is 41.5 Å². The smallest absolute Gasteiger partial charge is 0.0126 e. The van der Waals surface area contributed by atoms with Crippen molar-refractivity contribution in [1.29, 1.82) is 0 Å². The third-order valence-corrected chi connectivity index (χ3v) is 3.02. The first-order chi connectivity index (χ1) is 6.68. The molecule has 15 heavy (non-hydrogen) atoms. The van der Waals surface area contributed by atoms with Crippen LogP contribution in [-0.2, 0) is 0 Å². The van der Waals surface area contributed by atoms with Crippen molar-refractivity contribution in [2.24, 2.45) is 5.41 Å². The van der Waals surface area contributed by atoms with E-state index in [1.54, 1.807) is 0 Å². The van der Waals surface area contributed by atoms with Gasteiger partial charge in [0.1, 0.15) is 0 Å². The van der Waals surface area contributed by atoms with Gasteiger partial charge in [-0.15, -0.1) is 0 Å². The fraction of sp³-hybridized carbons (Fsp3) is 1.00. The van der Waals surface area contributed by atoms with E-state index < -0.39 is 0 Å². The number of piperazine rings is 1. The molecule has 0 bridgehead atoms. The Morgan fingerprint density at radius 3 is 1.60 bits per heavy atom. The Balaban J connectivity index is 2.37. The Labute approximate surface area is 95.6 Å².